The van der Waals surface area contributed by atoms with E-state index in [0.717, 1.165) is 11.1 Å². The SMILES string of the molecule is Fc1cn(Cc2ccccc2)cc1-c1ccccc1. The predicted molar refractivity (Wildman–Crippen MR) is 75.4 cm³/mol. The van der Waals surface area contributed by atoms with Gasteiger partial charge in [0, 0.05) is 24.5 Å². The monoisotopic (exact) mass is 251 g/mol. The molecule has 2 heteroatoms. The highest BCUT2D eigenvalue weighted by Gasteiger charge is 2.08. The van der Waals surface area contributed by atoms with Crippen molar-refractivity contribution in [1.82, 2.24) is 4.57 Å². The minimum Gasteiger partial charge on any atom is -0.346 e. The molecule has 94 valence electrons. The Morgan fingerprint density at radius 2 is 1.42 bits per heavy atom. The summed E-state index contributed by atoms with van der Waals surface area (Å²) in [6.45, 7) is 0.685. The molecule has 1 heterocycles. The molecule has 3 rings (SSSR count). The van der Waals surface area contributed by atoms with Crippen molar-refractivity contribution in [3.63, 3.8) is 0 Å². The van der Waals surface area contributed by atoms with Crippen molar-refractivity contribution in [2.45, 2.75) is 6.54 Å². The van der Waals surface area contributed by atoms with Crippen LogP contribution in [-0.4, -0.2) is 4.57 Å². The maximum Gasteiger partial charge on any atom is 0.148 e. The van der Waals surface area contributed by atoms with Crippen LogP contribution in [0, 0.1) is 5.82 Å². The average Bonchev–Trinajstić information content (AvgIpc) is 2.82. The summed E-state index contributed by atoms with van der Waals surface area (Å²) < 4.78 is 15.9. The van der Waals surface area contributed by atoms with Crippen LogP contribution in [0.1, 0.15) is 5.56 Å². The molecule has 0 aliphatic heterocycles. The van der Waals surface area contributed by atoms with Gasteiger partial charge in [0.25, 0.3) is 0 Å². The van der Waals surface area contributed by atoms with Crippen molar-refractivity contribution in [2.75, 3.05) is 0 Å². The van der Waals surface area contributed by atoms with E-state index >= 15 is 0 Å². The summed E-state index contributed by atoms with van der Waals surface area (Å²) in [6.07, 6.45) is 3.41. The second-order valence-electron chi connectivity index (χ2n) is 4.54. The summed E-state index contributed by atoms with van der Waals surface area (Å²) >= 11 is 0. The lowest BCUT2D eigenvalue weighted by molar-refractivity contribution is 0.624. The van der Waals surface area contributed by atoms with Gasteiger partial charge >= 0.3 is 0 Å². The first-order valence-electron chi connectivity index (χ1n) is 6.27. The van der Waals surface area contributed by atoms with Gasteiger partial charge in [0.05, 0.1) is 0 Å². The summed E-state index contributed by atoms with van der Waals surface area (Å²) in [4.78, 5) is 0. The van der Waals surface area contributed by atoms with Gasteiger partial charge in [-0.2, -0.15) is 0 Å². The van der Waals surface area contributed by atoms with E-state index in [9.17, 15) is 4.39 Å². The lowest BCUT2D eigenvalue weighted by atomic mass is 10.1. The van der Waals surface area contributed by atoms with Crippen LogP contribution in [0.4, 0.5) is 4.39 Å². The summed E-state index contributed by atoms with van der Waals surface area (Å²) in [5.74, 6) is -0.179. The van der Waals surface area contributed by atoms with E-state index in [1.54, 1.807) is 6.20 Å². The molecule has 0 radical (unpaired) electrons. The molecular formula is C17H14FN. The number of hydrogen-bond acceptors (Lipinski definition) is 0. The molecule has 0 aliphatic carbocycles. The van der Waals surface area contributed by atoms with Gasteiger partial charge in [-0.05, 0) is 11.1 Å². The molecule has 0 N–H and O–H groups in total. The number of hydrogen-bond donors (Lipinski definition) is 0. The van der Waals surface area contributed by atoms with E-state index in [0.29, 0.717) is 12.1 Å². The molecule has 0 atom stereocenters. The van der Waals surface area contributed by atoms with Crippen LogP contribution in [0.25, 0.3) is 11.1 Å². The van der Waals surface area contributed by atoms with Gasteiger partial charge in [-0.15, -0.1) is 0 Å². The predicted octanol–water partition coefficient (Wildman–Crippen LogP) is 4.34. The van der Waals surface area contributed by atoms with Crippen LogP contribution in [0.2, 0.25) is 0 Å². The number of halogens is 1. The third-order valence-electron chi connectivity index (χ3n) is 3.12. The van der Waals surface area contributed by atoms with Gasteiger partial charge in [-0.25, -0.2) is 4.39 Å². The van der Waals surface area contributed by atoms with Gasteiger partial charge in [0.15, 0.2) is 0 Å². The molecule has 0 aliphatic rings. The molecule has 0 saturated heterocycles. The van der Waals surface area contributed by atoms with Crippen LogP contribution in [0.3, 0.4) is 0 Å². The van der Waals surface area contributed by atoms with Gasteiger partial charge in [0.2, 0.25) is 0 Å². The molecule has 3 aromatic rings. The topological polar surface area (TPSA) is 4.93 Å². The van der Waals surface area contributed by atoms with E-state index in [2.05, 4.69) is 0 Å². The van der Waals surface area contributed by atoms with Gasteiger partial charge in [-0.3, -0.25) is 0 Å². The molecule has 0 bridgehead atoms. The molecule has 0 fully saturated rings. The minimum atomic E-state index is -0.179. The highest BCUT2D eigenvalue weighted by atomic mass is 19.1. The average molecular weight is 251 g/mol. The summed E-state index contributed by atoms with van der Waals surface area (Å²) in [7, 11) is 0. The second kappa shape index (κ2) is 5.11. The molecular weight excluding hydrogens is 237 g/mol. The Balaban J connectivity index is 1.90. The molecule has 0 unspecified atom stereocenters. The summed E-state index contributed by atoms with van der Waals surface area (Å²) in [6, 6.07) is 19.7. The maximum atomic E-state index is 14.0. The number of aromatic nitrogens is 1. The fourth-order valence-corrected chi connectivity index (χ4v) is 2.20. The number of benzene rings is 2. The largest absolute Gasteiger partial charge is 0.346 e. The molecule has 1 aromatic heterocycles. The zero-order valence-electron chi connectivity index (χ0n) is 10.5. The Kier molecular flexibility index (Phi) is 3.15. The Morgan fingerprint density at radius 1 is 0.789 bits per heavy atom. The van der Waals surface area contributed by atoms with Crippen LogP contribution in [0.15, 0.2) is 73.1 Å². The van der Waals surface area contributed by atoms with Crippen molar-refractivity contribution >= 4 is 0 Å². The van der Waals surface area contributed by atoms with E-state index in [4.69, 9.17) is 0 Å². The molecule has 19 heavy (non-hydrogen) atoms. The van der Waals surface area contributed by atoms with E-state index in [1.165, 1.54) is 0 Å². The Hall–Kier alpha value is -2.35. The zero-order chi connectivity index (χ0) is 13.1. The van der Waals surface area contributed by atoms with Gasteiger partial charge in [0.1, 0.15) is 5.82 Å². The maximum absolute atomic E-state index is 14.0. The van der Waals surface area contributed by atoms with Crippen molar-refractivity contribution in [1.29, 1.82) is 0 Å². The molecule has 0 amide bonds. The minimum absolute atomic E-state index is 0.179. The number of nitrogens with zero attached hydrogens (tertiary/aromatic N) is 1. The fourth-order valence-electron chi connectivity index (χ4n) is 2.20. The van der Waals surface area contributed by atoms with Crippen LogP contribution in [-0.2, 0) is 6.54 Å². The van der Waals surface area contributed by atoms with E-state index < -0.39 is 0 Å². The highest BCUT2D eigenvalue weighted by molar-refractivity contribution is 5.63. The van der Waals surface area contributed by atoms with Gasteiger partial charge < -0.3 is 4.57 Å². The van der Waals surface area contributed by atoms with E-state index in [-0.39, 0.29) is 5.82 Å². The van der Waals surface area contributed by atoms with Crippen LogP contribution < -0.4 is 0 Å². The van der Waals surface area contributed by atoms with E-state index in [1.807, 2.05) is 71.4 Å². The fraction of sp³-hybridized carbons (Fsp3) is 0.0588. The first-order chi connectivity index (χ1) is 9.33. The molecule has 2 aromatic carbocycles. The standard InChI is InChI=1S/C17H14FN/c18-17-13-19(11-14-7-3-1-4-8-14)12-16(17)15-9-5-2-6-10-15/h1-10,12-13H,11H2. The number of rotatable bonds is 3. The lowest BCUT2D eigenvalue weighted by Crippen LogP contribution is -1.95. The third kappa shape index (κ3) is 2.58. The quantitative estimate of drug-likeness (QED) is 0.652. The first-order valence-corrected chi connectivity index (χ1v) is 6.27. The Morgan fingerprint density at radius 3 is 2.11 bits per heavy atom. The molecule has 1 nitrogen and oxygen atoms in total. The van der Waals surface area contributed by atoms with Crippen LogP contribution >= 0.6 is 0 Å². The second-order valence-corrected chi connectivity index (χ2v) is 4.54. The zero-order valence-corrected chi connectivity index (χ0v) is 10.5. The smallest absolute Gasteiger partial charge is 0.148 e. The Bertz CT molecular complexity index is 656. The summed E-state index contributed by atoms with van der Waals surface area (Å²) in [5, 5.41) is 0. The van der Waals surface area contributed by atoms with Gasteiger partial charge in [-0.1, -0.05) is 60.7 Å². The van der Waals surface area contributed by atoms with Crippen molar-refractivity contribution in [3.05, 3.63) is 84.4 Å². The molecule has 0 spiro atoms. The Labute approximate surface area is 111 Å². The van der Waals surface area contributed by atoms with Crippen LogP contribution in [0.5, 0.6) is 0 Å². The highest BCUT2D eigenvalue weighted by Crippen LogP contribution is 2.23. The third-order valence-corrected chi connectivity index (χ3v) is 3.12. The van der Waals surface area contributed by atoms with Crippen molar-refractivity contribution < 1.29 is 4.39 Å². The molecule has 0 saturated carbocycles. The van der Waals surface area contributed by atoms with Crippen molar-refractivity contribution in [3.8, 4) is 11.1 Å². The van der Waals surface area contributed by atoms with Crippen molar-refractivity contribution in [2.24, 2.45) is 0 Å². The normalized spacial score (nSPS) is 10.6. The summed E-state index contributed by atoms with van der Waals surface area (Å²) in [5.41, 5.74) is 2.72. The first kappa shape index (κ1) is 11.7. The lowest BCUT2D eigenvalue weighted by Gasteiger charge is -2.02.